The second-order valence-corrected chi connectivity index (χ2v) is 5.25. The maximum Gasteiger partial charge on any atom is 0.326 e. The van der Waals surface area contributed by atoms with Crippen LogP contribution in [0.3, 0.4) is 0 Å². The number of nitrogens with one attached hydrogen (secondary N) is 1. The average Bonchev–Trinajstić information content (AvgIpc) is 2.43. The minimum Gasteiger partial charge on any atom is -0.497 e. The number of carboxylic acid groups (broad SMARTS) is 1. The number of thioether (sulfide) groups is 1. The largest absolute Gasteiger partial charge is 0.497 e. The van der Waals surface area contributed by atoms with Crippen LogP contribution < -0.4 is 10.1 Å². The molecule has 1 atom stereocenters. The van der Waals surface area contributed by atoms with Crippen LogP contribution in [0, 0.1) is 0 Å². The molecule has 0 aliphatic heterocycles. The molecule has 1 aromatic rings. The van der Waals surface area contributed by atoms with Crippen molar-refractivity contribution in [3.63, 3.8) is 0 Å². The van der Waals surface area contributed by atoms with Crippen LogP contribution in [0.25, 0.3) is 0 Å². The normalized spacial score (nSPS) is 11.7. The van der Waals surface area contributed by atoms with Gasteiger partial charge >= 0.3 is 5.97 Å². The van der Waals surface area contributed by atoms with Crippen molar-refractivity contribution in [3.05, 3.63) is 29.8 Å². The van der Waals surface area contributed by atoms with E-state index in [-0.39, 0.29) is 12.3 Å². The Morgan fingerprint density at radius 2 is 2.20 bits per heavy atom. The van der Waals surface area contributed by atoms with E-state index in [2.05, 4.69) is 5.32 Å². The van der Waals surface area contributed by atoms with Crippen LogP contribution in [0.2, 0.25) is 0 Å². The molecule has 0 bridgehead atoms. The van der Waals surface area contributed by atoms with E-state index in [0.717, 1.165) is 5.56 Å². The zero-order valence-electron chi connectivity index (χ0n) is 11.6. The van der Waals surface area contributed by atoms with E-state index in [1.807, 2.05) is 6.26 Å². The van der Waals surface area contributed by atoms with E-state index in [4.69, 9.17) is 9.84 Å². The minimum atomic E-state index is -1.00. The first kappa shape index (κ1) is 16.4. The third-order valence-corrected chi connectivity index (χ3v) is 3.39. The minimum absolute atomic E-state index is 0.139. The van der Waals surface area contributed by atoms with Gasteiger partial charge in [0.15, 0.2) is 0 Å². The van der Waals surface area contributed by atoms with Crippen molar-refractivity contribution in [1.29, 1.82) is 0 Å². The van der Waals surface area contributed by atoms with Crippen molar-refractivity contribution < 1.29 is 19.4 Å². The molecule has 0 aromatic heterocycles. The summed E-state index contributed by atoms with van der Waals surface area (Å²) in [6.45, 7) is 0. The molecule has 1 rings (SSSR count). The number of hydrogen-bond donors (Lipinski definition) is 2. The predicted molar refractivity (Wildman–Crippen MR) is 79.3 cm³/mol. The Bertz CT molecular complexity index is 464. The van der Waals surface area contributed by atoms with Crippen LogP contribution in [0.4, 0.5) is 0 Å². The summed E-state index contributed by atoms with van der Waals surface area (Å²) >= 11 is 1.55. The van der Waals surface area contributed by atoms with Gasteiger partial charge in [0.1, 0.15) is 11.8 Å². The van der Waals surface area contributed by atoms with Gasteiger partial charge in [0.05, 0.1) is 13.5 Å². The highest BCUT2D eigenvalue weighted by Crippen LogP contribution is 2.13. The van der Waals surface area contributed by atoms with Crippen molar-refractivity contribution in [3.8, 4) is 5.75 Å². The number of hydrogen-bond acceptors (Lipinski definition) is 4. The standard InChI is InChI=1S/C14H19NO4S/c1-19-11-5-3-4-10(8-11)9-13(16)15-12(14(17)18)6-7-20-2/h3-5,8,12H,6-7,9H2,1-2H3,(H,15,16)(H,17,18)/t12-/m0/s1. The summed E-state index contributed by atoms with van der Waals surface area (Å²) < 4.78 is 5.08. The summed E-state index contributed by atoms with van der Waals surface area (Å²) in [5.74, 6) is 0.0633. The number of aliphatic carboxylic acids is 1. The fraction of sp³-hybridized carbons (Fsp3) is 0.429. The van der Waals surface area contributed by atoms with Crippen LogP contribution in [0.5, 0.6) is 5.75 Å². The molecule has 6 heteroatoms. The van der Waals surface area contributed by atoms with Crippen LogP contribution in [-0.2, 0) is 16.0 Å². The molecule has 20 heavy (non-hydrogen) atoms. The average molecular weight is 297 g/mol. The molecule has 0 aliphatic carbocycles. The van der Waals surface area contributed by atoms with E-state index in [1.54, 1.807) is 43.1 Å². The summed E-state index contributed by atoms with van der Waals surface area (Å²) in [5.41, 5.74) is 0.788. The molecule has 0 aliphatic rings. The summed E-state index contributed by atoms with van der Waals surface area (Å²) in [4.78, 5) is 22.9. The molecule has 0 saturated heterocycles. The van der Waals surface area contributed by atoms with Gasteiger partial charge in [0, 0.05) is 0 Å². The zero-order chi connectivity index (χ0) is 15.0. The topological polar surface area (TPSA) is 75.6 Å². The van der Waals surface area contributed by atoms with Crippen molar-refractivity contribution in [2.24, 2.45) is 0 Å². The van der Waals surface area contributed by atoms with E-state index in [9.17, 15) is 9.59 Å². The Kier molecular flexibility index (Phi) is 6.93. The molecule has 0 saturated carbocycles. The lowest BCUT2D eigenvalue weighted by Gasteiger charge is -2.14. The predicted octanol–water partition coefficient (Wildman–Crippen LogP) is 1.56. The van der Waals surface area contributed by atoms with Gasteiger partial charge in [-0.1, -0.05) is 12.1 Å². The lowest BCUT2D eigenvalue weighted by atomic mass is 10.1. The van der Waals surface area contributed by atoms with Gasteiger partial charge in [-0.2, -0.15) is 11.8 Å². The van der Waals surface area contributed by atoms with E-state index < -0.39 is 12.0 Å². The second kappa shape index (κ2) is 8.47. The van der Waals surface area contributed by atoms with Gasteiger partial charge in [-0.25, -0.2) is 4.79 Å². The number of benzene rings is 1. The molecular weight excluding hydrogens is 278 g/mol. The molecule has 1 amide bonds. The third-order valence-electron chi connectivity index (χ3n) is 2.74. The fourth-order valence-corrected chi connectivity index (χ4v) is 2.18. The first-order valence-electron chi connectivity index (χ1n) is 6.21. The Morgan fingerprint density at radius 3 is 2.80 bits per heavy atom. The van der Waals surface area contributed by atoms with Gasteiger partial charge in [-0.05, 0) is 36.1 Å². The summed E-state index contributed by atoms with van der Waals surface area (Å²) in [6.07, 6.45) is 2.46. The van der Waals surface area contributed by atoms with Gasteiger partial charge in [0.25, 0.3) is 0 Å². The Hall–Kier alpha value is -1.69. The van der Waals surface area contributed by atoms with Crippen LogP contribution in [0.15, 0.2) is 24.3 Å². The summed E-state index contributed by atoms with van der Waals surface area (Å²) in [6, 6.07) is 6.32. The lowest BCUT2D eigenvalue weighted by Crippen LogP contribution is -2.41. The molecule has 0 fully saturated rings. The first-order valence-corrected chi connectivity index (χ1v) is 7.60. The SMILES string of the molecule is COc1cccc(CC(=O)N[C@@H](CCSC)C(=O)O)c1. The maximum atomic E-state index is 11.9. The van der Waals surface area contributed by atoms with Crippen LogP contribution in [-0.4, -0.2) is 42.1 Å². The fourth-order valence-electron chi connectivity index (χ4n) is 1.71. The number of carbonyl (C=O) groups excluding carboxylic acids is 1. The van der Waals surface area contributed by atoms with E-state index in [1.165, 1.54) is 0 Å². The summed E-state index contributed by atoms with van der Waals surface area (Å²) in [7, 11) is 1.56. The second-order valence-electron chi connectivity index (χ2n) is 4.27. The first-order chi connectivity index (χ1) is 9.56. The zero-order valence-corrected chi connectivity index (χ0v) is 12.4. The number of amides is 1. The highest BCUT2D eigenvalue weighted by Gasteiger charge is 2.19. The smallest absolute Gasteiger partial charge is 0.326 e. The lowest BCUT2D eigenvalue weighted by molar-refractivity contribution is -0.141. The number of rotatable bonds is 8. The molecule has 1 aromatic carbocycles. The summed E-state index contributed by atoms with van der Waals surface area (Å²) in [5, 5.41) is 11.6. The Morgan fingerprint density at radius 1 is 1.45 bits per heavy atom. The molecule has 5 nitrogen and oxygen atoms in total. The van der Waals surface area contributed by atoms with Crippen molar-refractivity contribution in [2.45, 2.75) is 18.9 Å². The number of carboxylic acids is 1. The van der Waals surface area contributed by atoms with E-state index in [0.29, 0.717) is 17.9 Å². The monoisotopic (exact) mass is 297 g/mol. The molecule has 110 valence electrons. The van der Waals surface area contributed by atoms with Crippen molar-refractivity contribution >= 4 is 23.6 Å². The number of ether oxygens (including phenoxy) is 1. The Labute approximate surface area is 122 Å². The van der Waals surface area contributed by atoms with Gasteiger partial charge < -0.3 is 15.2 Å². The van der Waals surface area contributed by atoms with Gasteiger partial charge in [0.2, 0.25) is 5.91 Å². The highest BCUT2D eigenvalue weighted by atomic mass is 32.2. The molecule has 0 unspecified atom stereocenters. The third kappa shape index (κ3) is 5.52. The molecule has 0 radical (unpaired) electrons. The van der Waals surface area contributed by atoms with E-state index >= 15 is 0 Å². The Balaban J connectivity index is 2.58. The van der Waals surface area contributed by atoms with Crippen molar-refractivity contribution in [1.82, 2.24) is 5.32 Å². The highest BCUT2D eigenvalue weighted by molar-refractivity contribution is 7.98. The molecule has 2 N–H and O–H groups in total. The molecule has 0 heterocycles. The number of carbonyl (C=O) groups is 2. The van der Waals surface area contributed by atoms with Crippen molar-refractivity contribution in [2.75, 3.05) is 19.1 Å². The molecule has 0 spiro atoms. The maximum absolute atomic E-state index is 11.9. The quantitative estimate of drug-likeness (QED) is 0.761. The van der Waals surface area contributed by atoms with Gasteiger partial charge in [-0.3, -0.25) is 4.79 Å². The van der Waals surface area contributed by atoms with Crippen LogP contribution >= 0.6 is 11.8 Å². The number of methoxy groups -OCH3 is 1. The van der Waals surface area contributed by atoms with Gasteiger partial charge in [-0.15, -0.1) is 0 Å². The molecular formula is C14H19NO4S. The van der Waals surface area contributed by atoms with Crippen LogP contribution in [0.1, 0.15) is 12.0 Å².